The zero-order valence-electron chi connectivity index (χ0n) is 18.3. The Kier molecular flexibility index (Phi) is 8.40. The number of hydrogen-bond acceptors (Lipinski definition) is 6. The van der Waals surface area contributed by atoms with Gasteiger partial charge >= 0.3 is 5.97 Å². The summed E-state index contributed by atoms with van der Waals surface area (Å²) in [5.74, 6) is -1.28. The Morgan fingerprint density at radius 2 is 1.85 bits per heavy atom. The molecule has 0 saturated heterocycles. The van der Waals surface area contributed by atoms with E-state index in [0.29, 0.717) is 35.3 Å². The van der Waals surface area contributed by atoms with Gasteiger partial charge in [0.2, 0.25) is 0 Å². The molecule has 1 aliphatic rings. The lowest BCUT2D eigenvalue weighted by molar-refractivity contribution is -0.140. The van der Waals surface area contributed by atoms with Gasteiger partial charge in [0.25, 0.3) is 11.8 Å². The van der Waals surface area contributed by atoms with Gasteiger partial charge in [0, 0.05) is 24.1 Å². The average molecular weight is 452 g/mol. The summed E-state index contributed by atoms with van der Waals surface area (Å²) in [6.45, 7) is 0.557. The summed E-state index contributed by atoms with van der Waals surface area (Å²) in [5, 5.41) is 13.3. The fraction of sp³-hybridized carbons (Fsp3) is 0.292. The van der Waals surface area contributed by atoms with Crippen LogP contribution in [0.2, 0.25) is 0 Å². The molecule has 0 bridgehead atoms. The summed E-state index contributed by atoms with van der Waals surface area (Å²) in [4.78, 5) is 35.3. The Hall–Kier alpha value is -3.88. The van der Waals surface area contributed by atoms with Gasteiger partial charge in [0.15, 0.2) is 5.71 Å². The molecule has 0 aliphatic carbocycles. The van der Waals surface area contributed by atoms with Crippen molar-refractivity contribution >= 4 is 35.4 Å². The predicted octanol–water partition coefficient (Wildman–Crippen LogP) is 3.45. The topological polar surface area (TPSA) is 109 Å². The van der Waals surface area contributed by atoms with Crippen LogP contribution in [-0.4, -0.2) is 43.4 Å². The third kappa shape index (κ3) is 6.80. The lowest BCUT2D eigenvalue weighted by Gasteiger charge is -2.05. The van der Waals surface area contributed by atoms with E-state index in [1.807, 2.05) is 0 Å². The zero-order valence-corrected chi connectivity index (χ0v) is 18.3. The molecule has 2 N–H and O–H groups in total. The van der Waals surface area contributed by atoms with Crippen LogP contribution >= 0.6 is 0 Å². The second-order valence-corrected chi connectivity index (χ2v) is 7.46. The number of esters is 1. The van der Waals surface area contributed by atoms with Crippen LogP contribution in [0.15, 0.2) is 52.7 Å². The number of anilines is 1. The van der Waals surface area contributed by atoms with Gasteiger partial charge in [-0.3, -0.25) is 14.4 Å². The van der Waals surface area contributed by atoms with Gasteiger partial charge in [-0.2, -0.15) is 5.10 Å². The molecule has 0 aromatic heterocycles. The molecule has 1 heterocycles. The number of carbonyl (C=O) groups excluding carboxylic acids is 3. The molecular formula is C24H25FN4O4. The number of fused-ring (bicyclic) bond motifs is 1. The SMILES string of the molecule is COC(=O)CCCCCCNC(=O)c1ccc(/C=N/N=C2\C(=O)Nc3ccc(F)cc32)cc1. The van der Waals surface area contributed by atoms with Crippen molar-refractivity contribution in [3.8, 4) is 0 Å². The number of rotatable bonds is 10. The van der Waals surface area contributed by atoms with Crippen LogP contribution < -0.4 is 10.6 Å². The van der Waals surface area contributed by atoms with E-state index in [1.54, 1.807) is 24.3 Å². The van der Waals surface area contributed by atoms with E-state index in [9.17, 15) is 18.8 Å². The fourth-order valence-corrected chi connectivity index (χ4v) is 3.25. The first kappa shape index (κ1) is 23.8. The van der Waals surface area contributed by atoms with Crippen LogP contribution in [0.3, 0.4) is 0 Å². The number of nitrogens with zero attached hydrogens (tertiary/aromatic N) is 2. The first-order chi connectivity index (χ1) is 16.0. The molecule has 0 fully saturated rings. The molecule has 33 heavy (non-hydrogen) atoms. The Labute approximate surface area is 190 Å². The maximum Gasteiger partial charge on any atom is 0.305 e. The van der Waals surface area contributed by atoms with E-state index in [4.69, 9.17) is 0 Å². The molecule has 9 heteroatoms. The summed E-state index contributed by atoms with van der Waals surface area (Å²) in [7, 11) is 1.38. The number of hydrogen-bond donors (Lipinski definition) is 2. The van der Waals surface area contributed by atoms with Gasteiger partial charge in [-0.1, -0.05) is 25.0 Å². The molecule has 0 saturated carbocycles. The van der Waals surface area contributed by atoms with Crippen molar-refractivity contribution in [2.75, 3.05) is 19.0 Å². The van der Waals surface area contributed by atoms with E-state index >= 15 is 0 Å². The minimum atomic E-state index is -0.464. The molecule has 2 aromatic carbocycles. The Balaban J connectivity index is 1.46. The maximum atomic E-state index is 13.5. The van der Waals surface area contributed by atoms with E-state index in [-0.39, 0.29) is 17.6 Å². The van der Waals surface area contributed by atoms with Crippen LogP contribution in [0, 0.1) is 5.82 Å². The zero-order chi connectivity index (χ0) is 23.6. The van der Waals surface area contributed by atoms with Crippen molar-refractivity contribution in [3.05, 3.63) is 65.0 Å². The molecule has 172 valence electrons. The van der Waals surface area contributed by atoms with Crippen molar-refractivity contribution in [2.24, 2.45) is 10.2 Å². The van der Waals surface area contributed by atoms with Crippen LogP contribution in [0.5, 0.6) is 0 Å². The second kappa shape index (κ2) is 11.7. The van der Waals surface area contributed by atoms with Crippen LogP contribution in [-0.2, 0) is 14.3 Å². The van der Waals surface area contributed by atoms with Gasteiger partial charge < -0.3 is 15.4 Å². The minimum absolute atomic E-state index is 0.0436. The van der Waals surface area contributed by atoms with Crippen molar-refractivity contribution in [3.63, 3.8) is 0 Å². The molecule has 0 unspecified atom stereocenters. The summed E-state index contributed by atoms with van der Waals surface area (Å²) in [6, 6.07) is 10.7. The van der Waals surface area contributed by atoms with E-state index in [0.717, 1.165) is 25.7 Å². The van der Waals surface area contributed by atoms with Crippen LogP contribution in [0.4, 0.5) is 10.1 Å². The van der Waals surface area contributed by atoms with E-state index < -0.39 is 11.7 Å². The average Bonchev–Trinajstić information content (AvgIpc) is 3.12. The highest BCUT2D eigenvalue weighted by atomic mass is 19.1. The molecule has 0 radical (unpaired) electrons. The first-order valence-electron chi connectivity index (χ1n) is 10.7. The third-order valence-corrected chi connectivity index (χ3v) is 5.06. The quantitative estimate of drug-likeness (QED) is 0.249. The Morgan fingerprint density at radius 1 is 1.09 bits per heavy atom. The smallest absolute Gasteiger partial charge is 0.305 e. The lowest BCUT2D eigenvalue weighted by atomic mass is 10.1. The highest BCUT2D eigenvalue weighted by Gasteiger charge is 2.26. The third-order valence-electron chi connectivity index (χ3n) is 5.06. The molecule has 3 rings (SSSR count). The largest absolute Gasteiger partial charge is 0.469 e. The van der Waals surface area contributed by atoms with Gasteiger partial charge in [-0.05, 0) is 48.7 Å². The first-order valence-corrected chi connectivity index (χ1v) is 10.7. The number of unbranched alkanes of at least 4 members (excludes halogenated alkanes) is 3. The number of nitrogens with one attached hydrogen (secondary N) is 2. The monoisotopic (exact) mass is 452 g/mol. The maximum absolute atomic E-state index is 13.5. The van der Waals surface area contributed by atoms with Crippen molar-refractivity contribution in [1.29, 1.82) is 0 Å². The summed E-state index contributed by atoms with van der Waals surface area (Å²) in [6.07, 6.45) is 5.31. The normalized spacial score (nSPS) is 13.8. The number of ether oxygens (including phenoxy) is 1. The Bertz CT molecular complexity index is 1080. The fourth-order valence-electron chi connectivity index (χ4n) is 3.25. The number of halogens is 1. The highest BCUT2D eigenvalue weighted by Crippen LogP contribution is 2.24. The highest BCUT2D eigenvalue weighted by molar-refractivity contribution is 6.53. The number of benzene rings is 2. The molecule has 0 spiro atoms. The summed E-state index contributed by atoms with van der Waals surface area (Å²) in [5.41, 5.74) is 2.12. The molecule has 2 aromatic rings. The van der Waals surface area contributed by atoms with Gasteiger partial charge in [0.05, 0.1) is 19.0 Å². The predicted molar refractivity (Wildman–Crippen MR) is 123 cm³/mol. The second-order valence-electron chi connectivity index (χ2n) is 7.46. The molecule has 1 aliphatic heterocycles. The van der Waals surface area contributed by atoms with Crippen LogP contribution in [0.25, 0.3) is 0 Å². The van der Waals surface area contributed by atoms with Gasteiger partial charge in [0.1, 0.15) is 5.82 Å². The van der Waals surface area contributed by atoms with E-state index in [2.05, 4.69) is 25.6 Å². The summed E-state index contributed by atoms with van der Waals surface area (Å²) >= 11 is 0. The van der Waals surface area contributed by atoms with Gasteiger partial charge in [-0.15, -0.1) is 5.10 Å². The van der Waals surface area contributed by atoms with Crippen molar-refractivity contribution in [1.82, 2.24) is 5.32 Å². The lowest BCUT2D eigenvalue weighted by Crippen LogP contribution is -2.24. The number of carbonyl (C=O) groups is 3. The van der Waals surface area contributed by atoms with E-state index in [1.165, 1.54) is 31.5 Å². The summed E-state index contributed by atoms with van der Waals surface area (Å²) < 4.78 is 18.1. The van der Waals surface area contributed by atoms with Crippen molar-refractivity contribution < 1.29 is 23.5 Å². The number of methoxy groups -OCH3 is 1. The number of amides is 2. The molecule has 2 amide bonds. The molecular weight excluding hydrogens is 427 g/mol. The standard InChI is InChI=1S/C24H25FN4O4/c1-33-21(30)6-4-2-3-5-13-26-23(31)17-9-7-16(8-10-17)15-27-29-22-19-14-18(25)11-12-20(19)28-24(22)32/h7-12,14-15H,2-6,13H2,1H3,(H,26,31)(H,28,29,32)/b27-15+. The van der Waals surface area contributed by atoms with Gasteiger partial charge in [-0.25, -0.2) is 4.39 Å². The molecule has 0 atom stereocenters. The minimum Gasteiger partial charge on any atom is -0.469 e. The van der Waals surface area contributed by atoms with Crippen molar-refractivity contribution in [2.45, 2.75) is 32.1 Å². The van der Waals surface area contributed by atoms with Crippen LogP contribution in [0.1, 0.15) is 53.6 Å². The Morgan fingerprint density at radius 3 is 2.61 bits per heavy atom. The molecule has 8 nitrogen and oxygen atoms in total.